The van der Waals surface area contributed by atoms with Crippen molar-refractivity contribution >= 4 is 17.2 Å². The van der Waals surface area contributed by atoms with Crippen molar-refractivity contribution in [3.05, 3.63) is 49.3 Å². The Morgan fingerprint density at radius 3 is 3.09 bits per heavy atom. The second-order valence-electron chi connectivity index (χ2n) is 6.25. The van der Waals surface area contributed by atoms with E-state index in [2.05, 4.69) is 22.2 Å². The maximum atomic E-state index is 12.3. The van der Waals surface area contributed by atoms with Gasteiger partial charge in [0, 0.05) is 29.7 Å². The van der Waals surface area contributed by atoms with Crippen molar-refractivity contribution in [3.63, 3.8) is 0 Å². The smallest absolute Gasteiger partial charge is 0.261 e. The first-order valence-electron chi connectivity index (χ1n) is 7.97. The van der Waals surface area contributed by atoms with Crippen molar-refractivity contribution in [2.75, 3.05) is 6.54 Å². The Morgan fingerprint density at radius 2 is 2.35 bits per heavy atom. The van der Waals surface area contributed by atoms with Crippen LogP contribution in [0, 0.1) is 12.8 Å². The van der Waals surface area contributed by atoms with Gasteiger partial charge in [-0.05, 0) is 43.7 Å². The number of pyridine rings is 1. The van der Waals surface area contributed by atoms with Crippen LogP contribution in [-0.2, 0) is 19.3 Å². The SMILES string of the molecule is Cc1csc(CCNC(=O)c2cc3c([nH]c2=O)CCC(C)C3)n1. The number of H-pyrrole nitrogens is 1. The lowest BCUT2D eigenvalue weighted by Gasteiger charge is -2.21. The molecule has 122 valence electrons. The molecule has 2 aromatic heterocycles. The molecule has 3 rings (SSSR count). The standard InChI is InChI=1S/C17H21N3O2S/c1-10-3-4-14-12(7-10)8-13(17(22)20-14)16(21)18-6-5-15-19-11(2)9-23-15/h8-10H,3-7H2,1-2H3,(H,18,21)(H,20,22). The summed E-state index contributed by atoms with van der Waals surface area (Å²) in [5, 5.41) is 5.81. The number of rotatable bonds is 4. The summed E-state index contributed by atoms with van der Waals surface area (Å²) in [6.45, 7) is 4.63. The molecule has 1 atom stereocenters. The van der Waals surface area contributed by atoms with Crippen molar-refractivity contribution in [2.24, 2.45) is 5.92 Å². The number of nitrogens with one attached hydrogen (secondary N) is 2. The molecular formula is C17H21N3O2S. The minimum atomic E-state index is -0.305. The molecule has 1 aliphatic rings. The highest BCUT2D eigenvalue weighted by Gasteiger charge is 2.20. The highest BCUT2D eigenvalue weighted by molar-refractivity contribution is 7.09. The van der Waals surface area contributed by atoms with E-state index in [-0.39, 0.29) is 17.0 Å². The molecule has 2 N–H and O–H groups in total. The number of amides is 1. The van der Waals surface area contributed by atoms with Crippen LogP contribution in [-0.4, -0.2) is 22.4 Å². The quantitative estimate of drug-likeness (QED) is 0.902. The number of hydrogen-bond acceptors (Lipinski definition) is 4. The predicted octanol–water partition coefficient (Wildman–Crippen LogP) is 2.24. The summed E-state index contributed by atoms with van der Waals surface area (Å²) >= 11 is 1.59. The molecule has 0 radical (unpaired) electrons. The third-order valence-electron chi connectivity index (χ3n) is 4.21. The first-order valence-corrected chi connectivity index (χ1v) is 8.85. The zero-order chi connectivity index (χ0) is 16.4. The summed E-state index contributed by atoms with van der Waals surface area (Å²) in [6, 6.07) is 1.77. The minimum absolute atomic E-state index is 0.216. The van der Waals surface area contributed by atoms with Gasteiger partial charge >= 0.3 is 0 Å². The number of thiazole rings is 1. The first-order chi connectivity index (χ1) is 11.0. The number of aryl methyl sites for hydroxylation is 2. The molecule has 5 nitrogen and oxygen atoms in total. The molecule has 6 heteroatoms. The Labute approximate surface area is 139 Å². The minimum Gasteiger partial charge on any atom is -0.351 e. The van der Waals surface area contributed by atoms with Gasteiger partial charge in [0.2, 0.25) is 0 Å². The first kappa shape index (κ1) is 15.9. The lowest BCUT2D eigenvalue weighted by atomic mass is 9.87. The zero-order valence-corrected chi connectivity index (χ0v) is 14.3. The molecule has 0 bridgehead atoms. The molecule has 0 saturated heterocycles. The third-order valence-corrected chi connectivity index (χ3v) is 5.23. The molecule has 2 aromatic rings. The van der Waals surface area contributed by atoms with E-state index in [1.807, 2.05) is 12.3 Å². The number of fused-ring (bicyclic) bond motifs is 1. The fourth-order valence-electron chi connectivity index (χ4n) is 2.95. The van der Waals surface area contributed by atoms with Gasteiger partial charge in [-0.15, -0.1) is 11.3 Å². The fraction of sp³-hybridized carbons (Fsp3) is 0.471. The van der Waals surface area contributed by atoms with E-state index in [4.69, 9.17) is 0 Å². The van der Waals surface area contributed by atoms with Crippen LogP contribution >= 0.6 is 11.3 Å². The van der Waals surface area contributed by atoms with Crippen molar-refractivity contribution in [2.45, 2.75) is 39.5 Å². The Bertz CT molecular complexity index is 778. The van der Waals surface area contributed by atoms with Crippen LogP contribution in [0.3, 0.4) is 0 Å². The summed E-state index contributed by atoms with van der Waals surface area (Å²) in [5.74, 6) is 0.290. The van der Waals surface area contributed by atoms with Gasteiger partial charge in [0.1, 0.15) is 5.56 Å². The molecule has 0 spiro atoms. The van der Waals surface area contributed by atoms with Gasteiger partial charge in [0.25, 0.3) is 11.5 Å². The summed E-state index contributed by atoms with van der Waals surface area (Å²) in [7, 11) is 0. The Balaban J connectivity index is 1.67. The van der Waals surface area contributed by atoms with E-state index in [1.165, 1.54) is 0 Å². The predicted molar refractivity (Wildman–Crippen MR) is 91.1 cm³/mol. The van der Waals surface area contributed by atoms with Gasteiger partial charge in [-0.1, -0.05) is 6.92 Å². The maximum Gasteiger partial charge on any atom is 0.261 e. The van der Waals surface area contributed by atoms with E-state index in [0.29, 0.717) is 18.9 Å². The molecule has 1 aliphatic carbocycles. The van der Waals surface area contributed by atoms with E-state index in [9.17, 15) is 9.59 Å². The van der Waals surface area contributed by atoms with Crippen LogP contribution in [0.15, 0.2) is 16.2 Å². The van der Waals surface area contributed by atoms with E-state index in [0.717, 1.165) is 41.2 Å². The Hall–Kier alpha value is -1.95. The van der Waals surface area contributed by atoms with Crippen LogP contribution in [0.1, 0.15) is 45.7 Å². The fourth-order valence-corrected chi connectivity index (χ4v) is 3.73. The van der Waals surface area contributed by atoms with Gasteiger partial charge in [-0.3, -0.25) is 9.59 Å². The normalized spacial score (nSPS) is 16.9. The van der Waals surface area contributed by atoms with Crippen LogP contribution in [0.25, 0.3) is 0 Å². The van der Waals surface area contributed by atoms with Gasteiger partial charge in [0.15, 0.2) is 0 Å². The second-order valence-corrected chi connectivity index (χ2v) is 7.20. The molecule has 0 aliphatic heterocycles. The number of aromatic amines is 1. The van der Waals surface area contributed by atoms with Crippen molar-refractivity contribution < 1.29 is 4.79 Å². The van der Waals surface area contributed by atoms with Crippen LogP contribution in [0.4, 0.5) is 0 Å². The summed E-state index contributed by atoms with van der Waals surface area (Å²) in [6.07, 6.45) is 3.58. The van der Waals surface area contributed by atoms with E-state index < -0.39 is 0 Å². The molecule has 1 amide bonds. The van der Waals surface area contributed by atoms with Gasteiger partial charge in [-0.25, -0.2) is 4.98 Å². The highest BCUT2D eigenvalue weighted by Crippen LogP contribution is 2.23. The molecule has 23 heavy (non-hydrogen) atoms. The number of carbonyl (C=O) groups excluding carboxylic acids is 1. The lowest BCUT2D eigenvalue weighted by Crippen LogP contribution is -2.32. The van der Waals surface area contributed by atoms with Gasteiger partial charge in [0.05, 0.1) is 5.01 Å². The maximum absolute atomic E-state index is 12.3. The van der Waals surface area contributed by atoms with Crippen LogP contribution in [0.5, 0.6) is 0 Å². The second kappa shape index (κ2) is 6.66. The van der Waals surface area contributed by atoms with Crippen molar-refractivity contribution in [3.8, 4) is 0 Å². The summed E-state index contributed by atoms with van der Waals surface area (Å²) < 4.78 is 0. The molecule has 0 aromatic carbocycles. The zero-order valence-electron chi connectivity index (χ0n) is 13.4. The largest absolute Gasteiger partial charge is 0.351 e. The topological polar surface area (TPSA) is 74.8 Å². The van der Waals surface area contributed by atoms with Crippen LogP contribution in [0.2, 0.25) is 0 Å². The van der Waals surface area contributed by atoms with E-state index in [1.54, 1.807) is 17.4 Å². The number of carbonyl (C=O) groups is 1. The lowest BCUT2D eigenvalue weighted by molar-refractivity contribution is 0.0952. The summed E-state index contributed by atoms with van der Waals surface area (Å²) in [5.41, 5.74) is 3.01. The Kier molecular flexibility index (Phi) is 4.61. The van der Waals surface area contributed by atoms with Gasteiger partial charge < -0.3 is 10.3 Å². The molecular weight excluding hydrogens is 310 g/mol. The average molecular weight is 331 g/mol. The van der Waals surface area contributed by atoms with Crippen molar-refractivity contribution in [1.82, 2.24) is 15.3 Å². The van der Waals surface area contributed by atoms with Gasteiger partial charge in [-0.2, -0.15) is 0 Å². The number of hydrogen-bond donors (Lipinski definition) is 2. The number of nitrogens with zero attached hydrogens (tertiary/aromatic N) is 1. The van der Waals surface area contributed by atoms with Crippen LogP contribution < -0.4 is 10.9 Å². The Morgan fingerprint density at radius 1 is 1.52 bits per heavy atom. The molecule has 2 heterocycles. The van der Waals surface area contributed by atoms with E-state index >= 15 is 0 Å². The monoisotopic (exact) mass is 331 g/mol. The molecule has 0 saturated carbocycles. The molecule has 0 fully saturated rings. The average Bonchev–Trinajstić information content (AvgIpc) is 2.92. The highest BCUT2D eigenvalue weighted by atomic mass is 32.1. The third kappa shape index (κ3) is 3.69. The van der Waals surface area contributed by atoms with Crippen molar-refractivity contribution in [1.29, 1.82) is 0 Å². The summed E-state index contributed by atoms with van der Waals surface area (Å²) in [4.78, 5) is 31.6. The molecule has 1 unspecified atom stereocenters. The number of aromatic nitrogens is 2.